The summed E-state index contributed by atoms with van der Waals surface area (Å²) in [5, 5.41) is 8.38. The fourth-order valence-corrected chi connectivity index (χ4v) is 3.71. The normalized spacial score (nSPS) is 11.8. The van der Waals surface area contributed by atoms with Crippen LogP contribution >= 0.6 is 11.6 Å². The Balaban J connectivity index is 1.73. The molecule has 30 heavy (non-hydrogen) atoms. The van der Waals surface area contributed by atoms with Crippen molar-refractivity contribution >= 4 is 23.3 Å². The monoisotopic (exact) mass is 415 g/mol. The van der Waals surface area contributed by atoms with Crippen molar-refractivity contribution in [1.82, 2.24) is 9.78 Å². The molecular formula is C25H22ClN3O. The van der Waals surface area contributed by atoms with Crippen LogP contribution in [0.15, 0.2) is 91.0 Å². The van der Waals surface area contributed by atoms with E-state index in [4.69, 9.17) is 16.7 Å². The molecule has 0 aliphatic heterocycles. The van der Waals surface area contributed by atoms with Crippen LogP contribution in [0.3, 0.4) is 0 Å². The van der Waals surface area contributed by atoms with E-state index in [1.54, 1.807) is 4.68 Å². The molecule has 4 nitrogen and oxygen atoms in total. The van der Waals surface area contributed by atoms with Crippen molar-refractivity contribution in [3.63, 3.8) is 0 Å². The predicted octanol–water partition coefficient (Wildman–Crippen LogP) is 6.33. The molecule has 0 saturated carbocycles. The number of para-hydroxylation sites is 1. The number of amides is 1. The van der Waals surface area contributed by atoms with Gasteiger partial charge in [0, 0.05) is 11.6 Å². The van der Waals surface area contributed by atoms with Gasteiger partial charge in [0.2, 0.25) is 5.91 Å². The van der Waals surface area contributed by atoms with Gasteiger partial charge in [0.1, 0.15) is 5.82 Å². The number of aromatic nitrogens is 2. The highest BCUT2D eigenvalue weighted by molar-refractivity contribution is 6.32. The quantitative estimate of drug-likeness (QED) is 0.400. The first-order valence-corrected chi connectivity index (χ1v) is 10.3. The lowest BCUT2D eigenvalue weighted by Crippen LogP contribution is -2.22. The molecule has 4 aromatic rings. The standard InChI is InChI=1S/C25H22ClN3O/c1-2-20(18-11-5-3-6-12-18)25(30)27-24-17-22(19-13-7-4-8-14-19)28-29(24)23-16-10-9-15-21(23)26/h3-17,20H,2H2,1H3,(H,27,30). The molecule has 1 N–H and O–H groups in total. The molecule has 3 aromatic carbocycles. The van der Waals surface area contributed by atoms with E-state index in [-0.39, 0.29) is 11.8 Å². The number of nitrogens with zero attached hydrogens (tertiary/aromatic N) is 2. The van der Waals surface area contributed by atoms with Gasteiger partial charge in [0.05, 0.1) is 22.3 Å². The van der Waals surface area contributed by atoms with Crippen molar-refractivity contribution in [3.05, 3.63) is 102 Å². The summed E-state index contributed by atoms with van der Waals surface area (Å²) in [6, 6.07) is 29.0. The van der Waals surface area contributed by atoms with Crippen molar-refractivity contribution in [1.29, 1.82) is 0 Å². The molecule has 0 radical (unpaired) electrons. The van der Waals surface area contributed by atoms with E-state index in [9.17, 15) is 4.79 Å². The molecule has 1 unspecified atom stereocenters. The Labute approximate surface area is 181 Å². The van der Waals surface area contributed by atoms with Gasteiger partial charge in [0.15, 0.2) is 0 Å². The number of rotatable bonds is 6. The Kier molecular flexibility index (Phi) is 5.96. The van der Waals surface area contributed by atoms with Gasteiger partial charge in [-0.15, -0.1) is 0 Å². The largest absolute Gasteiger partial charge is 0.310 e. The van der Waals surface area contributed by atoms with Crippen LogP contribution in [0.5, 0.6) is 0 Å². The van der Waals surface area contributed by atoms with E-state index in [1.807, 2.05) is 97.9 Å². The molecule has 150 valence electrons. The van der Waals surface area contributed by atoms with Crippen molar-refractivity contribution in [2.24, 2.45) is 0 Å². The molecule has 1 amide bonds. The average molecular weight is 416 g/mol. The second-order valence-electron chi connectivity index (χ2n) is 7.00. The van der Waals surface area contributed by atoms with Crippen LogP contribution in [0.4, 0.5) is 5.82 Å². The van der Waals surface area contributed by atoms with Gasteiger partial charge >= 0.3 is 0 Å². The number of hydrogen-bond donors (Lipinski definition) is 1. The molecular weight excluding hydrogens is 394 g/mol. The summed E-state index contributed by atoms with van der Waals surface area (Å²) < 4.78 is 1.69. The number of nitrogens with one attached hydrogen (secondary N) is 1. The van der Waals surface area contributed by atoms with Gasteiger partial charge in [-0.3, -0.25) is 4.79 Å². The highest BCUT2D eigenvalue weighted by Crippen LogP contribution is 2.29. The SMILES string of the molecule is CCC(C(=O)Nc1cc(-c2ccccc2)nn1-c1ccccc1Cl)c1ccccc1. The second-order valence-corrected chi connectivity index (χ2v) is 7.41. The molecule has 1 aromatic heterocycles. The smallest absolute Gasteiger partial charge is 0.233 e. The summed E-state index contributed by atoms with van der Waals surface area (Å²) in [7, 11) is 0. The lowest BCUT2D eigenvalue weighted by molar-refractivity contribution is -0.117. The van der Waals surface area contributed by atoms with Crippen molar-refractivity contribution < 1.29 is 4.79 Å². The predicted molar refractivity (Wildman–Crippen MR) is 122 cm³/mol. The molecule has 0 aliphatic carbocycles. The van der Waals surface area contributed by atoms with Gasteiger partial charge in [-0.2, -0.15) is 5.10 Å². The summed E-state index contributed by atoms with van der Waals surface area (Å²) in [6.45, 7) is 2.01. The molecule has 4 rings (SSSR count). The van der Waals surface area contributed by atoms with Crippen molar-refractivity contribution in [3.8, 4) is 16.9 Å². The molecule has 1 heterocycles. The van der Waals surface area contributed by atoms with Crippen LogP contribution in [-0.2, 0) is 4.79 Å². The summed E-state index contributed by atoms with van der Waals surface area (Å²) >= 11 is 6.43. The Bertz CT molecular complexity index is 1140. The van der Waals surface area contributed by atoms with Crippen LogP contribution in [0, 0.1) is 0 Å². The van der Waals surface area contributed by atoms with Crippen LogP contribution in [0.25, 0.3) is 16.9 Å². The zero-order chi connectivity index (χ0) is 20.9. The minimum atomic E-state index is -0.249. The Morgan fingerprint density at radius 3 is 2.27 bits per heavy atom. The van der Waals surface area contributed by atoms with Crippen LogP contribution < -0.4 is 5.32 Å². The first kappa shape index (κ1) is 19.9. The molecule has 0 spiro atoms. The first-order valence-electron chi connectivity index (χ1n) is 9.93. The van der Waals surface area contributed by atoms with E-state index in [0.29, 0.717) is 22.9 Å². The zero-order valence-corrected chi connectivity index (χ0v) is 17.4. The molecule has 0 fully saturated rings. The number of benzene rings is 3. The Hall–Kier alpha value is -3.37. The molecule has 0 saturated heterocycles. The topological polar surface area (TPSA) is 46.9 Å². The molecule has 0 aliphatic rings. The molecule has 5 heteroatoms. The maximum absolute atomic E-state index is 13.2. The molecule has 0 bridgehead atoms. The highest BCUT2D eigenvalue weighted by atomic mass is 35.5. The number of carbonyl (C=O) groups is 1. The second kappa shape index (κ2) is 8.97. The number of hydrogen-bond acceptors (Lipinski definition) is 2. The highest BCUT2D eigenvalue weighted by Gasteiger charge is 2.21. The summed E-state index contributed by atoms with van der Waals surface area (Å²) in [5.41, 5.74) is 3.43. The van der Waals surface area contributed by atoms with Crippen molar-refractivity contribution in [2.75, 3.05) is 5.32 Å². The Morgan fingerprint density at radius 1 is 0.967 bits per heavy atom. The maximum atomic E-state index is 13.2. The first-order chi connectivity index (χ1) is 14.7. The van der Waals surface area contributed by atoms with Gasteiger partial charge < -0.3 is 5.32 Å². The lowest BCUT2D eigenvalue weighted by Gasteiger charge is -2.16. The van der Waals surface area contributed by atoms with Crippen LogP contribution in [0.2, 0.25) is 5.02 Å². The molecule has 1 atom stereocenters. The third kappa shape index (κ3) is 4.14. The fourth-order valence-electron chi connectivity index (χ4n) is 3.50. The maximum Gasteiger partial charge on any atom is 0.233 e. The zero-order valence-electron chi connectivity index (χ0n) is 16.6. The van der Waals surface area contributed by atoms with Gasteiger partial charge in [-0.1, -0.05) is 91.3 Å². The van der Waals surface area contributed by atoms with E-state index in [0.717, 1.165) is 16.8 Å². The van der Waals surface area contributed by atoms with Gasteiger partial charge in [-0.05, 0) is 24.1 Å². The van der Waals surface area contributed by atoms with Crippen molar-refractivity contribution in [2.45, 2.75) is 19.3 Å². The van der Waals surface area contributed by atoms with E-state index < -0.39 is 0 Å². The van der Waals surface area contributed by atoms with E-state index >= 15 is 0 Å². The minimum Gasteiger partial charge on any atom is -0.310 e. The van der Waals surface area contributed by atoms with Gasteiger partial charge in [-0.25, -0.2) is 4.68 Å². The summed E-state index contributed by atoms with van der Waals surface area (Å²) in [6.07, 6.45) is 0.696. The number of halogens is 1. The van der Waals surface area contributed by atoms with E-state index in [1.165, 1.54) is 0 Å². The van der Waals surface area contributed by atoms with Crippen LogP contribution in [0.1, 0.15) is 24.8 Å². The van der Waals surface area contributed by atoms with Gasteiger partial charge in [0.25, 0.3) is 0 Å². The Morgan fingerprint density at radius 2 is 1.60 bits per heavy atom. The minimum absolute atomic E-state index is 0.0727. The fraction of sp³-hybridized carbons (Fsp3) is 0.120. The summed E-state index contributed by atoms with van der Waals surface area (Å²) in [5.74, 6) is 0.263. The van der Waals surface area contributed by atoms with Crippen LogP contribution in [-0.4, -0.2) is 15.7 Å². The number of anilines is 1. The van der Waals surface area contributed by atoms with E-state index in [2.05, 4.69) is 5.32 Å². The summed E-state index contributed by atoms with van der Waals surface area (Å²) in [4.78, 5) is 13.2. The lowest BCUT2D eigenvalue weighted by atomic mass is 9.96. The third-order valence-corrected chi connectivity index (χ3v) is 5.36. The average Bonchev–Trinajstić information content (AvgIpc) is 3.19. The number of carbonyl (C=O) groups excluding carboxylic acids is 1. The third-order valence-electron chi connectivity index (χ3n) is 5.04.